The van der Waals surface area contributed by atoms with E-state index in [1.165, 1.54) is 0 Å². The van der Waals surface area contributed by atoms with E-state index in [4.69, 9.17) is 0 Å². The van der Waals surface area contributed by atoms with E-state index < -0.39 is 0 Å². The first-order chi connectivity index (χ1) is 12.2. The van der Waals surface area contributed by atoms with Gasteiger partial charge in [-0.2, -0.15) is 0 Å². The number of aryl methyl sites for hydroxylation is 2. The standard InChI is InChI=1S/C22H22N2O/c1-3-17-11-7-8-16(2)21(17)24-22(25)23-20-14-12-19(13-15-20)18-9-5-4-6-10-18/h4-15H,3H2,1-2H3,(H2,23,24,25). The van der Waals surface area contributed by atoms with Gasteiger partial charge in [-0.15, -0.1) is 0 Å². The second-order valence-electron chi connectivity index (χ2n) is 5.99. The van der Waals surface area contributed by atoms with Gasteiger partial charge in [0.2, 0.25) is 0 Å². The molecule has 0 spiro atoms. The fourth-order valence-electron chi connectivity index (χ4n) is 2.85. The first kappa shape index (κ1) is 16.8. The fourth-order valence-corrected chi connectivity index (χ4v) is 2.85. The van der Waals surface area contributed by atoms with E-state index in [9.17, 15) is 4.79 Å². The second kappa shape index (κ2) is 7.67. The highest BCUT2D eigenvalue weighted by Gasteiger charge is 2.08. The minimum atomic E-state index is -0.225. The Balaban J connectivity index is 1.70. The van der Waals surface area contributed by atoms with Gasteiger partial charge < -0.3 is 10.6 Å². The first-order valence-corrected chi connectivity index (χ1v) is 8.49. The van der Waals surface area contributed by atoms with Crippen molar-refractivity contribution < 1.29 is 4.79 Å². The van der Waals surface area contributed by atoms with Crippen molar-refractivity contribution >= 4 is 17.4 Å². The average molecular weight is 330 g/mol. The summed E-state index contributed by atoms with van der Waals surface area (Å²) in [4.78, 5) is 12.3. The molecule has 3 aromatic rings. The Morgan fingerprint density at radius 2 is 1.48 bits per heavy atom. The third-order valence-electron chi connectivity index (χ3n) is 4.23. The molecule has 3 heteroatoms. The van der Waals surface area contributed by atoms with Crippen LogP contribution in [0.15, 0.2) is 72.8 Å². The Morgan fingerprint density at radius 1 is 0.800 bits per heavy atom. The van der Waals surface area contributed by atoms with E-state index in [-0.39, 0.29) is 6.03 Å². The third-order valence-corrected chi connectivity index (χ3v) is 4.23. The fraction of sp³-hybridized carbons (Fsp3) is 0.136. The lowest BCUT2D eigenvalue weighted by Crippen LogP contribution is -2.20. The number of hydrogen-bond acceptors (Lipinski definition) is 1. The largest absolute Gasteiger partial charge is 0.323 e. The molecule has 0 saturated carbocycles. The summed E-state index contributed by atoms with van der Waals surface area (Å²) in [7, 11) is 0. The molecule has 0 aliphatic heterocycles. The van der Waals surface area contributed by atoms with Crippen molar-refractivity contribution in [3.8, 4) is 11.1 Å². The van der Waals surface area contributed by atoms with Crippen molar-refractivity contribution in [2.45, 2.75) is 20.3 Å². The Kier molecular flexibility index (Phi) is 5.14. The Bertz CT molecular complexity index is 855. The molecule has 0 saturated heterocycles. The highest BCUT2D eigenvalue weighted by Crippen LogP contribution is 2.23. The van der Waals surface area contributed by atoms with Gasteiger partial charge in [0, 0.05) is 11.4 Å². The number of nitrogens with one attached hydrogen (secondary N) is 2. The van der Waals surface area contributed by atoms with Crippen LogP contribution in [0.25, 0.3) is 11.1 Å². The summed E-state index contributed by atoms with van der Waals surface area (Å²) >= 11 is 0. The number of hydrogen-bond donors (Lipinski definition) is 2. The number of rotatable bonds is 4. The van der Waals surface area contributed by atoms with Crippen LogP contribution >= 0.6 is 0 Å². The van der Waals surface area contributed by atoms with Crippen molar-refractivity contribution in [3.63, 3.8) is 0 Å². The number of anilines is 2. The molecule has 0 radical (unpaired) electrons. The van der Waals surface area contributed by atoms with E-state index >= 15 is 0 Å². The number of benzene rings is 3. The van der Waals surface area contributed by atoms with Gasteiger partial charge in [0.1, 0.15) is 0 Å². The summed E-state index contributed by atoms with van der Waals surface area (Å²) in [5, 5.41) is 5.87. The summed E-state index contributed by atoms with van der Waals surface area (Å²) in [6.07, 6.45) is 0.878. The molecule has 3 nitrogen and oxygen atoms in total. The lowest BCUT2D eigenvalue weighted by molar-refractivity contribution is 0.262. The number of amides is 2. The van der Waals surface area contributed by atoms with Crippen molar-refractivity contribution in [2.24, 2.45) is 0 Å². The monoisotopic (exact) mass is 330 g/mol. The smallest absolute Gasteiger partial charge is 0.308 e. The van der Waals surface area contributed by atoms with Crippen LogP contribution in [0.4, 0.5) is 16.2 Å². The van der Waals surface area contributed by atoms with Crippen molar-refractivity contribution in [2.75, 3.05) is 10.6 Å². The van der Waals surface area contributed by atoms with Crippen LogP contribution < -0.4 is 10.6 Å². The van der Waals surface area contributed by atoms with Crippen molar-refractivity contribution in [1.29, 1.82) is 0 Å². The van der Waals surface area contributed by atoms with E-state index in [1.807, 2.05) is 67.6 Å². The van der Waals surface area contributed by atoms with Gasteiger partial charge in [-0.1, -0.05) is 67.6 Å². The van der Waals surface area contributed by atoms with Crippen LogP contribution in [0, 0.1) is 6.92 Å². The number of carbonyl (C=O) groups is 1. The summed E-state index contributed by atoms with van der Waals surface area (Å²) in [5.74, 6) is 0. The number of para-hydroxylation sites is 1. The molecule has 2 N–H and O–H groups in total. The van der Waals surface area contributed by atoms with Gasteiger partial charge >= 0.3 is 6.03 Å². The normalized spacial score (nSPS) is 10.3. The summed E-state index contributed by atoms with van der Waals surface area (Å²) < 4.78 is 0. The van der Waals surface area contributed by atoms with Gasteiger partial charge in [-0.05, 0) is 47.7 Å². The zero-order valence-electron chi connectivity index (χ0n) is 14.5. The second-order valence-corrected chi connectivity index (χ2v) is 5.99. The van der Waals surface area contributed by atoms with Crippen LogP contribution in [-0.2, 0) is 6.42 Å². The molecule has 0 unspecified atom stereocenters. The molecular formula is C22H22N2O. The SMILES string of the molecule is CCc1cccc(C)c1NC(=O)Nc1ccc(-c2ccccc2)cc1. The Labute approximate surface area is 148 Å². The van der Waals surface area contributed by atoms with Gasteiger partial charge in [-0.25, -0.2) is 4.79 Å². The van der Waals surface area contributed by atoms with Crippen LogP contribution in [-0.4, -0.2) is 6.03 Å². The Morgan fingerprint density at radius 3 is 2.16 bits per heavy atom. The zero-order valence-corrected chi connectivity index (χ0v) is 14.5. The van der Waals surface area contributed by atoms with E-state index in [1.54, 1.807) is 0 Å². The predicted molar refractivity (Wildman–Crippen MR) is 105 cm³/mol. The summed E-state index contributed by atoms with van der Waals surface area (Å²) in [6, 6.07) is 23.9. The third kappa shape index (κ3) is 4.07. The number of carbonyl (C=O) groups excluding carboxylic acids is 1. The van der Waals surface area contributed by atoms with Gasteiger partial charge in [0.15, 0.2) is 0 Å². The molecule has 126 valence electrons. The van der Waals surface area contributed by atoms with Crippen molar-refractivity contribution in [3.05, 3.63) is 83.9 Å². The lowest BCUT2D eigenvalue weighted by Gasteiger charge is -2.14. The van der Waals surface area contributed by atoms with Gasteiger partial charge in [-0.3, -0.25) is 0 Å². The zero-order chi connectivity index (χ0) is 17.6. The average Bonchev–Trinajstić information content (AvgIpc) is 2.65. The topological polar surface area (TPSA) is 41.1 Å². The molecule has 0 aliphatic rings. The highest BCUT2D eigenvalue weighted by atomic mass is 16.2. The molecule has 0 fully saturated rings. The molecule has 0 aliphatic carbocycles. The summed E-state index contributed by atoms with van der Waals surface area (Å²) in [5.41, 5.74) is 6.14. The molecule has 0 atom stereocenters. The van der Waals surface area contributed by atoms with E-state index in [0.29, 0.717) is 0 Å². The number of urea groups is 1. The van der Waals surface area contributed by atoms with Crippen LogP contribution in [0.1, 0.15) is 18.1 Å². The lowest BCUT2D eigenvalue weighted by atomic mass is 10.1. The molecule has 0 aromatic heterocycles. The van der Waals surface area contributed by atoms with E-state index in [0.717, 1.165) is 40.0 Å². The van der Waals surface area contributed by atoms with Crippen LogP contribution in [0.3, 0.4) is 0 Å². The molecule has 0 heterocycles. The van der Waals surface area contributed by atoms with Crippen LogP contribution in [0.5, 0.6) is 0 Å². The van der Waals surface area contributed by atoms with E-state index in [2.05, 4.69) is 29.7 Å². The molecule has 3 aromatic carbocycles. The maximum Gasteiger partial charge on any atom is 0.323 e. The quantitative estimate of drug-likeness (QED) is 0.617. The molecular weight excluding hydrogens is 308 g/mol. The minimum absolute atomic E-state index is 0.225. The van der Waals surface area contributed by atoms with Crippen LogP contribution in [0.2, 0.25) is 0 Å². The van der Waals surface area contributed by atoms with Crippen molar-refractivity contribution in [1.82, 2.24) is 0 Å². The molecule has 25 heavy (non-hydrogen) atoms. The van der Waals surface area contributed by atoms with Gasteiger partial charge in [0.25, 0.3) is 0 Å². The first-order valence-electron chi connectivity index (χ1n) is 8.49. The molecule has 2 amide bonds. The van der Waals surface area contributed by atoms with Gasteiger partial charge in [0.05, 0.1) is 0 Å². The summed E-state index contributed by atoms with van der Waals surface area (Å²) in [6.45, 7) is 4.09. The predicted octanol–water partition coefficient (Wildman–Crippen LogP) is 5.87. The molecule has 0 bridgehead atoms. The Hall–Kier alpha value is -3.07. The minimum Gasteiger partial charge on any atom is -0.308 e. The maximum absolute atomic E-state index is 12.3. The molecule has 3 rings (SSSR count). The maximum atomic E-state index is 12.3. The highest BCUT2D eigenvalue weighted by molar-refractivity contribution is 6.00.